The minimum Gasteiger partial charge on any atom is -0.495 e. The van der Waals surface area contributed by atoms with Crippen LogP contribution in [0.4, 0.5) is 0 Å². The number of carbonyl (C=O) groups excluding carboxylic acids is 1. The second-order valence-corrected chi connectivity index (χ2v) is 7.71. The highest BCUT2D eigenvalue weighted by molar-refractivity contribution is 7.89. The molecule has 1 amide bonds. The number of benzene rings is 2. The molecule has 0 saturated carbocycles. The van der Waals surface area contributed by atoms with Crippen molar-refractivity contribution in [2.45, 2.75) is 31.2 Å². The van der Waals surface area contributed by atoms with Crippen LogP contribution in [0.25, 0.3) is 0 Å². The average molecular weight is 376 g/mol. The molecule has 2 aromatic carbocycles. The number of ether oxygens (including phenoxy) is 1. The predicted molar refractivity (Wildman–Crippen MR) is 101 cm³/mol. The molecule has 6 nitrogen and oxygen atoms in total. The highest BCUT2D eigenvalue weighted by atomic mass is 32.2. The van der Waals surface area contributed by atoms with Crippen LogP contribution < -0.4 is 14.8 Å². The van der Waals surface area contributed by atoms with Gasteiger partial charge in [-0.05, 0) is 43.5 Å². The van der Waals surface area contributed by atoms with E-state index in [1.165, 1.54) is 20.1 Å². The van der Waals surface area contributed by atoms with E-state index in [4.69, 9.17) is 4.74 Å². The summed E-state index contributed by atoms with van der Waals surface area (Å²) in [4.78, 5) is 12.2. The molecule has 0 radical (unpaired) electrons. The van der Waals surface area contributed by atoms with Gasteiger partial charge in [0.25, 0.3) is 0 Å². The lowest BCUT2D eigenvalue weighted by Gasteiger charge is -2.16. The molecule has 0 spiro atoms. The molecule has 1 atom stereocenters. The summed E-state index contributed by atoms with van der Waals surface area (Å²) in [6.45, 7) is 3.73. The lowest BCUT2D eigenvalue weighted by molar-refractivity contribution is -0.122. The first-order valence-corrected chi connectivity index (χ1v) is 9.80. The van der Waals surface area contributed by atoms with Crippen LogP contribution in [-0.4, -0.2) is 34.0 Å². The maximum atomic E-state index is 12.6. The van der Waals surface area contributed by atoms with Gasteiger partial charge in [-0.2, -0.15) is 4.72 Å². The number of nitrogens with one attached hydrogen (secondary N) is 2. The first kappa shape index (κ1) is 19.9. The topological polar surface area (TPSA) is 84.5 Å². The fraction of sp³-hybridized carbons (Fsp3) is 0.316. The number of methoxy groups -OCH3 is 1. The molecule has 7 heteroatoms. The Morgan fingerprint density at radius 1 is 1.15 bits per heavy atom. The van der Waals surface area contributed by atoms with Gasteiger partial charge in [0.2, 0.25) is 15.9 Å². The molecule has 0 aliphatic rings. The molecule has 0 aliphatic heterocycles. The zero-order valence-electron chi connectivity index (χ0n) is 15.2. The van der Waals surface area contributed by atoms with Gasteiger partial charge in [0.05, 0.1) is 13.2 Å². The quantitative estimate of drug-likeness (QED) is 0.738. The summed E-state index contributed by atoms with van der Waals surface area (Å²) in [5.74, 6) is -0.143. The third-order valence-corrected chi connectivity index (χ3v) is 5.45. The van der Waals surface area contributed by atoms with E-state index >= 15 is 0 Å². The Balaban J connectivity index is 1.98. The predicted octanol–water partition coefficient (Wildman–Crippen LogP) is 2.03. The fourth-order valence-corrected chi connectivity index (χ4v) is 3.93. The second-order valence-electron chi connectivity index (χ2n) is 6.02. The third kappa shape index (κ3) is 5.31. The van der Waals surface area contributed by atoms with Gasteiger partial charge in [-0.25, -0.2) is 8.42 Å². The molecule has 0 heterocycles. The van der Waals surface area contributed by atoms with Crippen molar-refractivity contribution in [3.8, 4) is 5.75 Å². The summed E-state index contributed by atoms with van der Waals surface area (Å²) in [5, 5.41) is 2.75. The van der Waals surface area contributed by atoms with E-state index in [0.29, 0.717) is 13.0 Å². The number of amides is 1. The van der Waals surface area contributed by atoms with Crippen molar-refractivity contribution in [2.24, 2.45) is 0 Å². The number of aryl methyl sites for hydroxylation is 1. The van der Waals surface area contributed by atoms with Crippen molar-refractivity contribution in [3.05, 3.63) is 59.7 Å². The van der Waals surface area contributed by atoms with Crippen LogP contribution in [0, 0.1) is 6.92 Å². The SMILES string of the molecule is COc1ccc(C)cc1S(=O)(=O)N[C@H](C)C(=O)NCCc1ccccc1. The zero-order chi connectivity index (χ0) is 19.2. The zero-order valence-corrected chi connectivity index (χ0v) is 16.0. The molecule has 0 fully saturated rings. The smallest absolute Gasteiger partial charge is 0.244 e. The van der Waals surface area contributed by atoms with Gasteiger partial charge in [0, 0.05) is 6.54 Å². The minimum absolute atomic E-state index is 0.0175. The van der Waals surface area contributed by atoms with Gasteiger partial charge < -0.3 is 10.1 Å². The summed E-state index contributed by atoms with van der Waals surface area (Å²) in [7, 11) is -2.48. The van der Waals surface area contributed by atoms with Crippen molar-refractivity contribution in [1.82, 2.24) is 10.0 Å². The number of hydrogen-bond acceptors (Lipinski definition) is 4. The summed E-state index contributed by atoms with van der Waals surface area (Å²) in [6.07, 6.45) is 0.678. The van der Waals surface area contributed by atoms with Gasteiger partial charge in [0.1, 0.15) is 10.6 Å². The monoisotopic (exact) mass is 376 g/mol. The van der Waals surface area contributed by atoms with Crippen LogP contribution in [0.15, 0.2) is 53.4 Å². The van der Waals surface area contributed by atoms with E-state index in [0.717, 1.165) is 11.1 Å². The summed E-state index contributed by atoms with van der Waals surface area (Å²) in [5.41, 5.74) is 1.89. The lowest BCUT2D eigenvalue weighted by atomic mass is 10.1. The Labute approximate surface area is 154 Å². The molecular formula is C19H24N2O4S. The molecule has 0 unspecified atom stereocenters. The van der Waals surface area contributed by atoms with Crippen molar-refractivity contribution in [2.75, 3.05) is 13.7 Å². The molecule has 0 aromatic heterocycles. The molecule has 2 rings (SSSR count). The van der Waals surface area contributed by atoms with Gasteiger partial charge in [-0.15, -0.1) is 0 Å². The Bertz CT molecular complexity index is 851. The molecule has 0 bridgehead atoms. The van der Waals surface area contributed by atoms with Crippen molar-refractivity contribution < 1.29 is 17.9 Å². The van der Waals surface area contributed by atoms with Crippen molar-refractivity contribution in [1.29, 1.82) is 0 Å². The van der Waals surface area contributed by atoms with Gasteiger partial charge in [-0.1, -0.05) is 36.4 Å². The minimum atomic E-state index is -3.88. The number of carbonyl (C=O) groups is 1. The standard InChI is InChI=1S/C19H24N2O4S/c1-14-9-10-17(25-3)18(13-14)26(23,24)21-15(2)19(22)20-12-11-16-7-5-4-6-8-16/h4-10,13,15,21H,11-12H2,1-3H3,(H,20,22)/t15-/m1/s1. The van der Waals surface area contributed by atoms with Crippen molar-refractivity contribution in [3.63, 3.8) is 0 Å². The molecule has 140 valence electrons. The first-order valence-electron chi connectivity index (χ1n) is 8.32. The van der Waals surface area contributed by atoms with Crippen LogP contribution in [0.2, 0.25) is 0 Å². The van der Waals surface area contributed by atoms with E-state index in [2.05, 4.69) is 10.0 Å². The summed E-state index contributed by atoms with van der Waals surface area (Å²) in [6, 6.07) is 13.7. The van der Waals surface area contributed by atoms with Crippen LogP contribution in [0.1, 0.15) is 18.1 Å². The normalized spacial score (nSPS) is 12.4. The second kappa shape index (κ2) is 8.82. The summed E-state index contributed by atoms with van der Waals surface area (Å²) < 4.78 is 32.7. The van der Waals surface area contributed by atoms with Crippen LogP contribution in [0.5, 0.6) is 5.75 Å². The van der Waals surface area contributed by atoms with Crippen LogP contribution in [-0.2, 0) is 21.2 Å². The van der Waals surface area contributed by atoms with E-state index in [-0.39, 0.29) is 16.6 Å². The van der Waals surface area contributed by atoms with Gasteiger partial charge in [0.15, 0.2) is 0 Å². The van der Waals surface area contributed by atoms with E-state index in [1.54, 1.807) is 19.1 Å². The Morgan fingerprint density at radius 3 is 2.50 bits per heavy atom. The van der Waals surface area contributed by atoms with Crippen LogP contribution in [0.3, 0.4) is 0 Å². The molecule has 0 aliphatic carbocycles. The van der Waals surface area contributed by atoms with E-state index in [1.807, 2.05) is 30.3 Å². The summed E-state index contributed by atoms with van der Waals surface area (Å²) >= 11 is 0. The lowest BCUT2D eigenvalue weighted by Crippen LogP contribution is -2.45. The number of rotatable bonds is 8. The van der Waals surface area contributed by atoms with Crippen molar-refractivity contribution >= 4 is 15.9 Å². The number of hydrogen-bond donors (Lipinski definition) is 2. The maximum absolute atomic E-state index is 12.6. The molecule has 0 saturated heterocycles. The Morgan fingerprint density at radius 2 is 1.85 bits per heavy atom. The Hall–Kier alpha value is -2.38. The molecule has 26 heavy (non-hydrogen) atoms. The molecule has 2 N–H and O–H groups in total. The third-order valence-electron chi connectivity index (χ3n) is 3.89. The average Bonchev–Trinajstić information content (AvgIpc) is 2.62. The van der Waals surface area contributed by atoms with E-state index in [9.17, 15) is 13.2 Å². The van der Waals surface area contributed by atoms with E-state index < -0.39 is 16.1 Å². The Kier molecular flexibility index (Phi) is 6.76. The maximum Gasteiger partial charge on any atom is 0.244 e. The number of sulfonamides is 1. The van der Waals surface area contributed by atoms with Gasteiger partial charge in [-0.3, -0.25) is 4.79 Å². The highest BCUT2D eigenvalue weighted by Gasteiger charge is 2.25. The highest BCUT2D eigenvalue weighted by Crippen LogP contribution is 2.24. The largest absolute Gasteiger partial charge is 0.495 e. The molecule has 2 aromatic rings. The fourth-order valence-electron chi connectivity index (χ4n) is 2.47. The first-order chi connectivity index (χ1) is 12.3. The van der Waals surface area contributed by atoms with Crippen LogP contribution >= 0.6 is 0 Å². The molecular weight excluding hydrogens is 352 g/mol. The van der Waals surface area contributed by atoms with Gasteiger partial charge >= 0.3 is 0 Å².